The van der Waals surface area contributed by atoms with Crippen molar-refractivity contribution in [1.29, 1.82) is 0 Å². The van der Waals surface area contributed by atoms with Gasteiger partial charge in [-0.2, -0.15) is 0 Å². The van der Waals surface area contributed by atoms with Crippen molar-refractivity contribution in [1.82, 2.24) is 10.2 Å². The third kappa shape index (κ3) is 5.28. The molecule has 1 aliphatic heterocycles. The van der Waals surface area contributed by atoms with E-state index in [1.165, 1.54) is 12.1 Å². The summed E-state index contributed by atoms with van der Waals surface area (Å²) in [5.74, 6) is -0.897. The highest BCUT2D eigenvalue weighted by atomic mass is 16.5. The van der Waals surface area contributed by atoms with Gasteiger partial charge in [0.1, 0.15) is 17.7 Å². The number of fused-ring (bicyclic) bond motifs is 1. The number of benzene rings is 1. The fourth-order valence-corrected chi connectivity index (χ4v) is 4.52. The molecule has 1 aliphatic carbocycles. The van der Waals surface area contributed by atoms with E-state index in [2.05, 4.69) is 10.6 Å². The molecule has 2 fully saturated rings. The van der Waals surface area contributed by atoms with Crippen molar-refractivity contribution >= 4 is 40.7 Å². The molecule has 4 rings (SSSR count). The Balaban J connectivity index is 1.37. The van der Waals surface area contributed by atoms with Crippen LogP contribution >= 0.6 is 0 Å². The number of carbonyl (C=O) groups is 4. The first-order chi connectivity index (χ1) is 16.8. The van der Waals surface area contributed by atoms with Crippen LogP contribution in [-0.2, 0) is 25.7 Å². The number of carbonyl (C=O) groups excluding carboxylic acids is 4. The molecule has 2 aliphatic rings. The van der Waals surface area contributed by atoms with Crippen molar-refractivity contribution in [3.05, 3.63) is 40.2 Å². The highest BCUT2D eigenvalue weighted by molar-refractivity contribution is 6.07. The minimum Gasteiger partial charge on any atom is -0.461 e. The lowest BCUT2D eigenvalue weighted by atomic mass is 9.82. The lowest BCUT2D eigenvalue weighted by molar-refractivity contribution is -0.145. The highest BCUT2D eigenvalue weighted by Crippen LogP contribution is 2.33. The summed E-state index contributed by atoms with van der Waals surface area (Å²) in [7, 11) is 0. The van der Waals surface area contributed by atoms with E-state index >= 15 is 0 Å². The van der Waals surface area contributed by atoms with Crippen molar-refractivity contribution in [2.24, 2.45) is 0 Å². The highest BCUT2D eigenvalue weighted by Gasteiger charge is 2.51. The third-order valence-corrected chi connectivity index (χ3v) is 6.23. The lowest BCUT2D eigenvalue weighted by Crippen LogP contribution is -2.48. The summed E-state index contributed by atoms with van der Waals surface area (Å²) >= 11 is 0. The predicted molar refractivity (Wildman–Crippen MR) is 124 cm³/mol. The number of amides is 4. The van der Waals surface area contributed by atoms with E-state index in [9.17, 15) is 24.0 Å². The van der Waals surface area contributed by atoms with Gasteiger partial charge in [0, 0.05) is 35.3 Å². The smallest absolute Gasteiger partial charge is 0.411 e. The fourth-order valence-electron chi connectivity index (χ4n) is 4.52. The van der Waals surface area contributed by atoms with Gasteiger partial charge in [-0.3, -0.25) is 19.8 Å². The molecule has 0 unspecified atom stereocenters. The Labute approximate surface area is 200 Å². The summed E-state index contributed by atoms with van der Waals surface area (Å²) in [6.07, 6.45) is 3.20. The summed E-state index contributed by atoms with van der Waals surface area (Å²) < 4.78 is 15.3. The summed E-state index contributed by atoms with van der Waals surface area (Å²) in [6, 6.07) is 5.43. The Morgan fingerprint density at radius 2 is 1.89 bits per heavy atom. The lowest BCUT2D eigenvalue weighted by Gasteiger charge is -2.30. The van der Waals surface area contributed by atoms with E-state index in [1.54, 1.807) is 19.1 Å². The summed E-state index contributed by atoms with van der Waals surface area (Å²) in [6.45, 7) is 1.61. The molecule has 1 spiro atoms. The Morgan fingerprint density at radius 1 is 1.11 bits per heavy atom. The predicted octanol–water partition coefficient (Wildman–Crippen LogP) is 3.05. The van der Waals surface area contributed by atoms with E-state index in [0.29, 0.717) is 29.5 Å². The molecule has 0 bridgehead atoms. The van der Waals surface area contributed by atoms with Gasteiger partial charge in [0.15, 0.2) is 0 Å². The van der Waals surface area contributed by atoms with Crippen LogP contribution in [0.25, 0.3) is 11.0 Å². The minimum atomic E-state index is -0.836. The molecule has 11 heteroatoms. The molecule has 0 atom stereocenters. The van der Waals surface area contributed by atoms with Gasteiger partial charge < -0.3 is 19.2 Å². The van der Waals surface area contributed by atoms with Crippen molar-refractivity contribution in [2.75, 3.05) is 18.5 Å². The van der Waals surface area contributed by atoms with Crippen molar-refractivity contribution < 1.29 is 33.1 Å². The monoisotopic (exact) mass is 485 g/mol. The zero-order valence-electron chi connectivity index (χ0n) is 19.4. The maximum absolute atomic E-state index is 12.8. The van der Waals surface area contributed by atoms with Crippen molar-refractivity contribution in [3.63, 3.8) is 0 Å². The van der Waals surface area contributed by atoms with E-state index in [0.717, 1.165) is 24.2 Å². The molecule has 2 heterocycles. The summed E-state index contributed by atoms with van der Waals surface area (Å²) in [5, 5.41) is 5.86. The van der Waals surface area contributed by atoms with Gasteiger partial charge in [0.25, 0.3) is 5.91 Å². The first kappa shape index (κ1) is 24.2. The Morgan fingerprint density at radius 3 is 2.63 bits per heavy atom. The van der Waals surface area contributed by atoms with E-state index in [-0.39, 0.29) is 37.7 Å². The number of esters is 1. The van der Waals surface area contributed by atoms with Crippen molar-refractivity contribution in [3.8, 4) is 0 Å². The van der Waals surface area contributed by atoms with Gasteiger partial charge in [-0.05, 0) is 31.9 Å². The molecule has 4 amide bonds. The number of ether oxygens (including phenoxy) is 2. The molecule has 186 valence electrons. The number of hydrogen-bond donors (Lipinski definition) is 2. The summed E-state index contributed by atoms with van der Waals surface area (Å²) in [4.78, 5) is 62.2. The van der Waals surface area contributed by atoms with Crippen LogP contribution in [0.4, 0.5) is 15.3 Å². The molecule has 2 N–H and O–H groups in total. The number of anilines is 1. The van der Waals surface area contributed by atoms with Crippen LogP contribution in [0.3, 0.4) is 0 Å². The maximum atomic E-state index is 12.8. The van der Waals surface area contributed by atoms with Crippen LogP contribution in [0.15, 0.2) is 33.5 Å². The number of nitrogens with one attached hydrogen (secondary N) is 2. The zero-order valence-corrected chi connectivity index (χ0v) is 19.4. The normalized spacial score (nSPS) is 16.9. The molecule has 1 saturated heterocycles. The van der Waals surface area contributed by atoms with Crippen LogP contribution < -0.4 is 16.3 Å². The average molecular weight is 485 g/mol. The molecular formula is C24H27N3O8. The zero-order chi connectivity index (χ0) is 25.0. The quantitative estimate of drug-likeness (QED) is 0.346. The van der Waals surface area contributed by atoms with Gasteiger partial charge in [-0.15, -0.1) is 0 Å². The molecule has 1 aromatic carbocycles. The molecule has 35 heavy (non-hydrogen) atoms. The fraction of sp³-hybridized carbons (Fsp3) is 0.458. The maximum Gasteiger partial charge on any atom is 0.411 e. The van der Waals surface area contributed by atoms with Gasteiger partial charge in [-0.1, -0.05) is 19.3 Å². The molecule has 11 nitrogen and oxygen atoms in total. The topological polar surface area (TPSA) is 144 Å². The average Bonchev–Trinajstić information content (AvgIpc) is 3.04. The van der Waals surface area contributed by atoms with Crippen LogP contribution in [0.5, 0.6) is 0 Å². The van der Waals surface area contributed by atoms with Gasteiger partial charge >= 0.3 is 23.7 Å². The Hall–Kier alpha value is -3.89. The Bertz CT molecular complexity index is 1210. The van der Waals surface area contributed by atoms with Crippen LogP contribution in [0.2, 0.25) is 0 Å². The van der Waals surface area contributed by atoms with Gasteiger partial charge in [0.05, 0.1) is 13.0 Å². The first-order valence-electron chi connectivity index (χ1n) is 11.6. The largest absolute Gasteiger partial charge is 0.461 e. The molecule has 1 aromatic heterocycles. The number of hydrogen-bond acceptors (Lipinski definition) is 8. The van der Waals surface area contributed by atoms with Gasteiger partial charge in [-0.25, -0.2) is 14.4 Å². The van der Waals surface area contributed by atoms with E-state index < -0.39 is 29.3 Å². The number of rotatable bonds is 7. The molecule has 2 aromatic rings. The van der Waals surface area contributed by atoms with Crippen LogP contribution in [-0.4, -0.2) is 47.6 Å². The molecular weight excluding hydrogens is 458 g/mol. The van der Waals surface area contributed by atoms with E-state index in [1.807, 2.05) is 0 Å². The molecule has 1 saturated carbocycles. The van der Waals surface area contributed by atoms with Gasteiger partial charge in [0.2, 0.25) is 0 Å². The standard InChI is InChI=1S/C24H27N3O8/c1-2-33-23(32)25-16-6-7-17-15(12-20(29)35-18(17)13-16)14-34-19(28)8-11-27-21(30)24(26-22(27)31)9-4-3-5-10-24/h6-7,12-13H,2-5,8-11,14H2,1H3,(H,25,32)(H,26,31). The van der Waals surface area contributed by atoms with Crippen molar-refractivity contribution in [2.45, 2.75) is 57.6 Å². The second-order valence-corrected chi connectivity index (χ2v) is 8.59. The second kappa shape index (κ2) is 10.2. The second-order valence-electron chi connectivity index (χ2n) is 8.59. The van der Waals surface area contributed by atoms with Crippen LogP contribution in [0, 0.1) is 0 Å². The number of urea groups is 1. The van der Waals surface area contributed by atoms with Crippen LogP contribution in [0.1, 0.15) is 51.0 Å². The Kier molecular flexibility index (Phi) is 7.04. The first-order valence-corrected chi connectivity index (χ1v) is 11.6. The molecule has 0 radical (unpaired) electrons. The SMILES string of the molecule is CCOC(=O)Nc1ccc2c(COC(=O)CCN3C(=O)NC4(CCCCC4)C3=O)cc(=O)oc2c1. The van der Waals surface area contributed by atoms with E-state index in [4.69, 9.17) is 13.9 Å². The number of nitrogens with zero attached hydrogens (tertiary/aromatic N) is 1. The number of imide groups is 1. The third-order valence-electron chi connectivity index (χ3n) is 6.23. The minimum absolute atomic E-state index is 0.0776. The summed E-state index contributed by atoms with van der Waals surface area (Å²) in [5.41, 5.74) is -0.484.